The SMILES string of the molecule is CC(C)c1cccc2sc(NC(=O)c3ccc(S(=O)(=O)N(C)C(C)C)cc3)nc12. The van der Waals surface area contributed by atoms with Gasteiger partial charge in [0.1, 0.15) is 0 Å². The summed E-state index contributed by atoms with van der Waals surface area (Å²) < 4.78 is 27.4. The molecule has 29 heavy (non-hydrogen) atoms. The minimum Gasteiger partial charge on any atom is -0.298 e. The van der Waals surface area contributed by atoms with E-state index in [0.29, 0.717) is 16.6 Å². The van der Waals surface area contributed by atoms with Crippen LogP contribution in [0.1, 0.15) is 49.5 Å². The minimum absolute atomic E-state index is 0.155. The summed E-state index contributed by atoms with van der Waals surface area (Å²) in [5.74, 6) is 0.0131. The molecule has 1 amide bonds. The first-order chi connectivity index (χ1) is 13.6. The van der Waals surface area contributed by atoms with Crippen LogP contribution < -0.4 is 5.32 Å². The van der Waals surface area contributed by atoms with Crippen LogP contribution in [-0.4, -0.2) is 36.7 Å². The zero-order chi connectivity index (χ0) is 21.3. The molecule has 1 N–H and O–H groups in total. The van der Waals surface area contributed by atoms with E-state index < -0.39 is 10.0 Å². The summed E-state index contributed by atoms with van der Waals surface area (Å²) >= 11 is 1.42. The zero-order valence-corrected chi connectivity index (χ0v) is 18.8. The van der Waals surface area contributed by atoms with Gasteiger partial charge in [-0.05, 0) is 55.7 Å². The number of amides is 1. The van der Waals surface area contributed by atoms with Crippen molar-refractivity contribution >= 4 is 42.6 Å². The van der Waals surface area contributed by atoms with Crippen LogP contribution in [-0.2, 0) is 10.0 Å². The molecular weight excluding hydrogens is 406 g/mol. The van der Waals surface area contributed by atoms with Crippen LogP contribution in [0.2, 0.25) is 0 Å². The molecule has 1 heterocycles. The van der Waals surface area contributed by atoms with E-state index in [1.54, 1.807) is 7.05 Å². The number of hydrogen-bond donors (Lipinski definition) is 1. The number of fused-ring (bicyclic) bond motifs is 1. The van der Waals surface area contributed by atoms with Crippen molar-refractivity contribution in [3.05, 3.63) is 53.6 Å². The number of hydrogen-bond acceptors (Lipinski definition) is 5. The number of nitrogens with zero attached hydrogens (tertiary/aromatic N) is 2. The van der Waals surface area contributed by atoms with E-state index in [1.165, 1.54) is 39.9 Å². The Labute approximate surface area is 175 Å². The number of carbonyl (C=O) groups excluding carboxylic acids is 1. The fourth-order valence-corrected chi connectivity index (χ4v) is 5.14. The Morgan fingerprint density at radius 3 is 2.31 bits per heavy atom. The van der Waals surface area contributed by atoms with Crippen molar-refractivity contribution in [3.8, 4) is 0 Å². The van der Waals surface area contributed by atoms with Crippen LogP contribution in [0.5, 0.6) is 0 Å². The molecule has 154 valence electrons. The third kappa shape index (κ3) is 4.34. The average Bonchev–Trinajstić information content (AvgIpc) is 3.09. The summed E-state index contributed by atoms with van der Waals surface area (Å²) in [5, 5.41) is 3.34. The molecule has 8 heteroatoms. The Balaban J connectivity index is 1.82. The summed E-state index contributed by atoms with van der Waals surface area (Å²) in [6.45, 7) is 7.83. The van der Waals surface area contributed by atoms with Crippen LogP contribution in [0.4, 0.5) is 5.13 Å². The zero-order valence-electron chi connectivity index (χ0n) is 17.1. The van der Waals surface area contributed by atoms with Gasteiger partial charge in [-0.25, -0.2) is 13.4 Å². The van der Waals surface area contributed by atoms with Gasteiger partial charge in [0.05, 0.1) is 15.1 Å². The number of anilines is 1. The lowest BCUT2D eigenvalue weighted by Gasteiger charge is -2.20. The Morgan fingerprint density at radius 2 is 1.72 bits per heavy atom. The first kappa shape index (κ1) is 21.4. The van der Waals surface area contributed by atoms with Crippen molar-refractivity contribution in [2.75, 3.05) is 12.4 Å². The van der Waals surface area contributed by atoms with Crippen LogP contribution in [0.3, 0.4) is 0 Å². The maximum atomic E-state index is 12.6. The molecule has 0 radical (unpaired) electrons. The Bertz CT molecular complexity index is 1130. The number of rotatable bonds is 6. The summed E-state index contributed by atoms with van der Waals surface area (Å²) in [6, 6.07) is 11.8. The maximum absolute atomic E-state index is 12.6. The van der Waals surface area contributed by atoms with Gasteiger partial charge in [-0.15, -0.1) is 0 Å². The number of thiazole rings is 1. The van der Waals surface area contributed by atoms with Crippen LogP contribution >= 0.6 is 11.3 Å². The van der Waals surface area contributed by atoms with Gasteiger partial charge >= 0.3 is 0 Å². The molecule has 3 aromatic rings. The lowest BCUT2D eigenvalue weighted by molar-refractivity contribution is 0.102. The fraction of sp³-hybridized carbons (Fsp3) is 0.333. The van der Waals surface area contributed by atoms with Gasteiger partial charge in [-0.1, -0.05) is 37.3 Å². The normalized spacial score (nSPS) is 12.3. The Morgan fingerprint density at radius 1 is 1.07 bits per heavy atom. The van der Waals surface area contributed by atoms with Gasteiger partial charge in [-0.2, -0.15) is 4.31 Å². The number of aromatic nitrogens is 1. The van der Waals surface area contributed by atoms with Gasteiger partial charge < -0.3 is 0 Å². The third-order valence-corrected chi connectivity index (χ3v) is 7.80. The highest BCUT2D eigenvalue weighted by Crippen LogP contribution is 2.31. The molecule has 0 bridgehead atoms. The fourth-order valence-electron chi connectivity index (χ4n) is 2.88. The predicted octanol–water partition coefficient (Wildman–Crippen LogP) is 4.70. The Hall–Kier alpha value is -2.29. The second-order valence-electron chi connectivity index (χ2n) is 7.46. The van der Waals surface area contributed by atoms with Crippen molar-refractivity contribution in [3.63, 3.8) is 0 Å². The minimum atomic E-state index is -3.58. The smallest absolute Gasteiger partial charge is 0.257 e. The Kier molecular flexibility index (Phi) is 6.07. The number of para-hydroxylation sites is 1. The number of nitrogens with one attached hydrogen (secondary N) is 1. The summed E-state index contributed by atoms with van der Waals surface area (Å²) in [6.07, 6.45) is 0. The predicted molar refractivity (Wildman–Crippen MR) is 118 cm³/mol. The molecule has 0 aliphatic heterocycles. The first-order valence-corrected chi connectivity index (χ1v) is 11.7. The lowest BCUT2D eigenvalue weighted by Crippen LogP contribution is -2.33. The van der Waals surface area contributed by atoms with E-state index in [-0.39, 0.29) is 16.8 Å². The molecule has 0 fully saturated rings. The highest BCUT2D eigenvalue weighted by molar-refractivity contribution is 7.89. The summed E-state index contributed by atoms with van der Waals surface area (Å²) in [7, 11) is -2.04. The van der Waals surface area contributed by atoms with Crippen molar-refractivity contribution in [1.29, 1.82) is 0 Å². The third-order valence-electron chi connectivity index (χ3n) is 4.81. The van der Waals surface area contributed by atoms with E-state index in [0.717, 1.165) is 15.8 Å². The van der Waals surface area contributed by atoms with Crippen molar-refractivity contribution in [1.82, 2.24) is 9.29 Å². The van der Waals surface area contributed by atoms with E-state index >= 15 is 0 Å². The largest absolute Gasteiger partial charge is 0.298 e. The summed E-state index contributed by atoms with van der Waals surface area (Å²) in [4.78, 5) is 17.4. The molecule has 0 saturated carbocycles. The lowest BCUT2D eigenvalue weighted by atomic mass is 10.0. The average molecular weight is 432 g/mol. The molecule has 3 rings (SSSR count). The molecule has 0 aliphatic carbocycles. The van der Waals surface area contributed by atoms with E-state index in [4.69, 9.17) is 0 Å². The van der Waals surface area contributed by atoms with Crippen LogP contribution in [0.15, 0.2) is 47.4 Å². The standard InChI is InChI=1S/C21H25N3O3S2/c1-13(2)17-7-6-8-18-19(17)22-21(28-18)23-20(25)15-9-11-16(12-10-15)29(26,27)24(5)14(3)4/h6-14H,1-5H3,(H,22,23,25). The van der Waals surface area contributed by atoms with E-state index in [1.807, 2.05) is 32.0 Å². The molecular formula is C21H25N3O3S2. The van der Waals surface area contributed by atoms with Gasteiger partial charge in [0.25, 0.3) is 5.91 Å². The van der Waals surface area contributed by atoms with Gasteiger partial charge in [0.15, 0.2) is 5.13 Å². The molecule has 0 saturated heterocycles. The van der Waals surface area contributed by atoms with E-state index in [9.17, 15) is 13.2 Å². The maximum Gasteiger partial charge on any atom is 0.257 e. The molecule has 0 spiro atoms. The molecule has 0 aliphatic rings. The number of benzene rings is 2. The van der Waals surface area contributed by atoms with Crippen LogP contribution in [0.25, 0.3) is 10.2 Å². The molecule has 2 aromatic carbocycles. The van der Waals surface area contributed by atoms with Gasteiger partial charge in [0, 0.05) is 18.7 Å². The number of sulfonamides is 1. The molecule has 0 atom stereocenters. The van der Waals surface area contributed by atoms with Crippen molar-refractivity contribution in [2.24, 2.45) is 0 Å². The second kappa shape index (κ2) is 8.22. The first-order valence-electron chi connectivity index (χ1n) is 9.40. The van der Waals surface area contributed by atoms with E-state index in [2.05, 4.69) is 24.1 Å². The highest BCUT2D eigenvalue weighted by Gasteiger charge is 2.23. The van der Waals surface area contributed by atoms with Gasteiger partial charge in [-0.3, -0.25) is 10.1 Å². The quantitative estimate of drug-likeness (QED) is 0.613. The second-order valence-corrected chi connectivity index (χ2v) is 10.5. The van der Waals surface area contributed by atoms with Crippen LogP contribution in [0, 0.1) is 0 Å². The molecule has 6 nitrogen and oxygen atoms in total. The summed E-state index contributed by atoms with van der Waals surface area (Å²) in [5.41, 5.74) is 2.42. The topological polar surface area (TPSA) is 79.4 Å². The van der Waals surface area contributed by atoms with Gasteiger partial charge in [0.2, 0.25) is 10.0 Å². The number of carbonyl (C=O) groups is 1. The molecule has 0 unspecified atom stereocenters. The monoisotopic (exact) mass is 431 g/mol. The molecule has 1 aromatic heterocycles. The van der Waals surface area contributed by atoms with Crippen molar-refractivity contribution in [2.45, 2.75) is 44.6 Å². The van der Waals surface area contributed by atoms with Crippen molar-refractivity contribution < 1.29 is 13.2 Å². The highest BCUT2D eigenvalue weighted by atomic mass is 32.2.